The first-order chi connectivity index (χ1) is 7.54. The predicted octanol–water partition coefficient (Wildman–Crippen LogP) is 2.84. The molecule has 1 aromatic rings. The molecule has 0 aliphatic heterocycles. The number of hydrogen-bond donors (Lipinski definition) is 2. The summed E-state index contributed by atoms with van der Waals surface area (Å²) in [6, 6.07) is 7.72. The fraction of sp³-hybridized carbons (Fsp3) is 0.500. The molecule has 0 fully saturated rings. The Kier molecular flexibility index (Phi) is 5.62. The molecule has 3 atom stereocenters. The highest BCUT2D eigenvalue weighted by Crippen LogP contribution is 2.33. The van der Waals surface area contributed by atoms with Gasteiger partial charge in [-0.2, -0.15) is 0 Å². The second-order valence-corrected chi connectivity index (χ2v) is 5.88. The van der Waals surface area contributed by atoms with Crippen molar-refractivity contribution in [3.8, 4) is 0 Å². The van der Waals surface area contributed by atoms with Gasteiger partial charge in [0, 0.05) is 22.1 Å². The third-order valence-electron chi connectivity index (χ3n) is 2.49. The molecule has 0 aliphatic rings. The number of hydrogen-bond acceptors (Lipinski definition) is 3. The van der Waals surface area contributed by atoms with E-state index in [1.54, 1.807) is 18.7 Å². The van der Waals surface area contributed by atoms with Crippen LogP contribution in [-0.4, -0.2) is 23.0 Å². The molecule has 0 amide bonds. The molecule has 3 unspecified atom stereocenters. The minimum Gasteiger partial charge on any atom is -0.392 e. The van der Waals surface area contributed by atoms with E-state index in [-0.39, 0.29) is 16.6 Å². The van der Waals surface area contributed by atoms with Crippen LogP contribution in [0, 0.1) is 0 Å². The van der Waals surface area contributed by atoms with E-state index in [2.05, 4.69) is 0 Å². The summed E-state index contributed by atoms with van der Waals surface area (Å²) in [6.07, 6.45) is -0.335. The number of halogens is 1. The highest BCUT2D eigenvalue weighted by atomic mass is 35.5. The second-order valence-electron chi connectivity index (χ2n) is 3.86. The molecule has 0 heterocycles. The van der Waals surface area contributed by atoms with E-state index < -0.39 is 0 Å². The van der Waals surface area contributed by atoms with Crippen molar-refractivity contribution in [3.05, 3.63) is 34.9 Å². The topological polar surface area (TPSA) is 46.2 Å². The van der Waals surface area contributed by atoms with Gasteiger partial charge < -0.3 is 10.8 Å². The summed E-state index contributed by atoms with van der Waals surface area (Å²) in [5, 5.41) is 10.5. The lowest BCUT2D eigenvalue weighted by Gasteiger charge is -2.21. The number of benzene rings is 1. The summed E-state index contributed by atoms with van der Waals surface area (Å²) in [4.78, 5) is 0. The summed E-state index contributed by atoms with van der Waals surface area (Å²) < 4.78 is 0. The van der Waals surface area contributed by atoms with Gasteiger partial charge in [0.05, 0.1) is 6.10 Å². The Balaban J connectivity index is 2.74. The Morgan fingerprint density at radius 2 is 2.12 bits per heavy atom. The van der Waals surface area contributed by atoms with Crippen molar-refractivity contribution in [1.29, 1.82) is 0 Å². The summed E-state index contributed by atoms with van der Waals surface area (Å²) in [7, 11) is 0. The smallest absolute Gasteiger partial charge is 0.0628 e. The van der Waals surface area contributed by atoms with Gasteiger partial charge >= 0.3 is 0 Å². The van der Waals surface area contributed by atoms with E-state index in [1.165, 1.54) is 0 Å². The van der Waals surface area contributed by atoms with Crippen LogP contribution in [0.25, 0.3) is 0 Å². The van der Waals surface area contributed by atoms with Crippen molar-refractivity contribution in [2.75, 3.05) is 6.54 Å². The van der Waals surface area contributed by atoms with Crippen molar-refractivity contribution < 1.29 is 5.11 Å². The van der Waals surface area contributed by atoms with Crippen LogP contribution in [0.5, 0.6) is 0 Å². The second kappa shape index (κ2) is 6.50. The van der Waals surface area contributed by atoms with E-state index in [1.807, 2.05) is 31.2 Å². The lowest BCUT2D eigenvalue weighted by atomic mass is 10.1. The van der Waals surface area contributed by atoms with Crippen LogP contribution in [0.1, 0.15) is 24.7 Å². The van der Waals surface area contributed by atoms with Crippen molar-refractivity contribution >= 4 is 23.4 Å². The van der Waals surface area contributed by atoms with Gasteiger partial charge in [-0.3, -0.25) is 0 Å². The van der Waals surface area contributed by atoms with Gasteiger partial charge in [-0.05, 0) is 24.6 Å². The fourth-order valence-electron chi connectivity index (χ4n) is 1.35. The molecule has 0 bridgehead atoms. The Morgan fingerprint density at radius 1 is 1.44 bits per heavy atom. The minimum absolute atomic E-state index is 0.160. The molecular weight excluding hydrogens is 242 g/mol. The number of rotatable bonds is 5. The van der Waals surface area contributed by atoms with Gasteiger partial charge in [0.2, 0.25) is 0 Å². The fourth-order valence-corrected chi connectivity index (χ4v) is 2.71. The molecule has 0 spiro atoms. The molecule has 2 nitrogen and oxygen atoms in total. The monoisotopic (exact) mass is 259 g/mol. The van der Waals surface area contributed by atoms with Crippen LogP contribution in [0.15, 0.2) is 24.3 Å². The standard InChI is InChI=1S/C12H18ClNOS/c1-8(15)9(2)16-12(7-14)10-4-3-5-11(13)6-10/h3-6,8-9,12,15H,7,14H2,1-2H3. The van der Waals surface area contributed by atoms with E-state index in [4.69, 9.17) is 17.3 Å². The van der Waals surface area contributed by atoms with Crippen LogP contribution < -0.4 is 5.73 Å². The number of aliphatic hydroxyl groups is 1. The van der Waals surface area contributed by atoms with Gasteiger partial charge in [0.1, 0.15) is 0 Å². The van der Waals surface area contributed by atoms with Crippen LogP contribution in [0.2, 0.25) is 5.02 Å². The minimum atomic E-state index is -0.335. The van der Waals surface area contributed by atoms with E-state index in [9.17, 15) is 5.11 Å². The Labute approximate surface area is 106 Å². The molecule has 1 rings (SSSR count). The molecule has 0 aliphatic carbocycles. The third kappa shape index (κ3) is 3.98. The average Bonchev–Trinajstić information content (AvgIpc) is 2.25. The molecule has 1 aromatic carbocycles. The van der Waals surface area contributed by atoms with Gasteiger partial charge in [-0.15, -0.1) is 11.8 Å². The maximum absolute atomic E-state index is 9.48. The van der Waals surface area contributed by atoms with Crippen molar-refractivity contribution in [3.63, 3.8) is 0 Å². The molecule has 4 heteroatoms. The number of thioether (sulfide) groups is 1. The lowest BCUT2D eigenvalue weighted by Crippen LogP contribution is -2.20. The number of nitrogens with two attached hydrogens (primary N) is 1. The van der Waals surface area contributed by atoms with Gasteiger partial charge in [0.15, 0.2) is 0 Å². The van der Waals surface area contributed by atoms with E-state index in [0.717, 1.165) is 10.6 Å². The SMILES string of the molecule is CC(O)C(C)SC(CN)c1cccc(Cl)c1. The van der Waals surface area contributed by atoms with E-state index in [0.29, 0.717) is 6.54 Å². The number of aliphatic hydroxyl groups excluding tert-OH is 1. The van der Waals surface area contributed by atoms with Crippen LogP contribution in [0.4, 0.5) is 0 Å². The molecule has 0 saturated carbocycles. The van der Waals surface area contributed by atoms with Crippen molar-refractivity contribution in [2.45, 2.75) is 30.5 Å². The predicted molar refractivity (Wildman–Crippen MR) is 72.0 cm³/mol. The van der Waals surface area contributed by atoms with Crippen molar-refractivity contribution in [1.82, 2.24) is 0 Å². The molecule has 0 radical (unpaired) electrons. The summed E-state index contributed by atoms with van der Waals surface area (Å²) in [6.45, 7) is 4.34. The Bertz CT molecular complexity index is 333. The first-order valence-corrected chi connectivity index (χ1v) is 6.65. The molecule has 90 valence electrons. The van der Waals surface area contributed by atoms with Crippen molar-refractivity contribution in [2.24, 2.45) is 5.73 Å². The summed E-state index contributed by atoms with van der Waals surface area (Å²) >= 11 is 7.63. The van der Waals surface area contributed by atoms with Gasteiger partial charge in [-0.1, -0.05) is 30.7 Å². The van der Waals surface area contributed by atoms with Gasteiger partial charge in [0.25, 0.3) is 0 Å². The maximum Gasteiger partial charge on any atom is 0.0628 e. The largest absolute Gasteiger partial charge is 0.392 e. The zero-order chi connectivity index (χ0) is 12.1. The summed E-state index contributed by atoms with van der Waals surface area (Å²) in [5.41, 5.74) is 6.88. The van der Waals surface area contributed by atoms with Crippen LogP contribution in [0.3, 0.4) is 0 Å². The summed E-state index contributed by atoms with van der Waals surface area (Å²) in [5.74, 6) is 0. The lowest BCUT2D eigenvalue weighted by molar-refractivity contribution is 0.196. The quantitative estimate of drug-likeness (QED) is 0.855. The normalized spacial score (nSPS) is 16.8. The Hall–Kier alpha value is -0.220. The zero-order valence-electron chi connectivity index (χ0n) is 9.56. The molecule has 16 heavy (non-hydrogen) atoms. The highest BCUT2D eigenvalue weighted by Gasteiger charge is 2.17. The molecule has 3 N–H and O–H groups in total. The van der Waals surface area contributed by atoms with Crippen LogP contribution >= 0.6 is 23.4 Å². The van der Waals surface area contributed by atoms with Crippen LogP contribution in [-0.2, 0) is 0 Å². The molecular formula is C12H18ClNOS. The average molecular weight is 260 g/mol. The first-order valence-electron chi connectivity index (χ1n) is 5.33. The zero-order valence-corrected chi connectivity index (χ0v) is 11.1. The molecule has 0 aromatic heterocycles. The Morgan fingerprint density at radius 3 is 2.62 bits per heavy atom. The first kappa shape index (κ1) is 13.8. The third-order valence-corrected chi connectivity index (χ3v) is 4.34. The van der Waals surface area contributed by atoms with E-state index >= 15 is 0 Å². The van der Waals surface area contributed by atoms with Gasteiger partial charge in [-0.25, -0.2) is 0 Å². The maximum atomic E-state index is 9.48. The highest BCUT2D eigenvalue weighted by molar-refractivity contribution is 8.00. The molecule has 0 saturated heterocycles.